The van der Waals surface area contributed by atoms with Crippen LogP contribution in [-0.2, 0) is 0 Å². The normalized spacial score (nSPS) is 12.6. The fourth-order valence-electron chi connectivity index (χ4n) is 1.09. The maximum atomic E-state index is 5.90. The van der Waals surface area contributed by atoms with Gasteiger partial charge in [-0.3, -0.25) is 4.98 Å². The zero-order valence-corrected chi connectivity index (χ0v) is 7.54. The summed E-state index contributed by atoms with van der Waals surface area (Å²) in [5.41, 5.74) is 8.90. The SMILES string of the molecule is C=C(C)C(N)c1cccnc1C. The summed E-state index contributed by atoms with van der Waals surface area (Å²) in [5, 5.41) is 0. The van der Waals surface area contributed by atoms with Gasteiger partial charge in [0.1, 0.15) is 0 Å². The number of aromatic nitrogens is 1. The van der Waals surface area contributed by atoms with Gasteiger partial charge in [-0.1, -0.05) is 18.2 Å². The van der Waals surface area contributed by atoms with Crippen molar-refractivity contribution in [3.63, 3.8) is 0 Å². The van der Waals surface area contributed by atoms with E-state index in [1.807, 2.05) is 26.0 Å². The van der Waals surface area contributed by atoms with Crippen LogP contribution in [0.3, 0.4) is 0 Å². The molecule has 2 N–H and O–H groups in total. The first kappa shape index (κ1) is 8.94. The summed E-state index contributed by atoms with van der Waals surface area (Å²) in [6.07, 6.45) is 1.77. The zero-order chi connectivity index (χ0) is 9.14. The predicted molar refractivity (Wildman–Crippen MR) is 50.7 cm³/mol. The first-order chi connectivity index (χ1) is 5.63. The van der Waals surface area contributed by atoms with Crippen molar-refractivity contribution >= 4 is 0 Å². The number of hydrogen-bond donors (Lipinski definition) is 1. The number of hydrogen-bond acceptors (Lipinski definition) is 2. The average Bonchev–Trinajstić information content (AvgIpc) is 2.04. The topological polar surface area (TPSA) is 38.9 Å². The molecule has 1 heterocycles. The van der Waals surface area contributed by atoms with Crippen molar-refractivity contribution in [1.82, 2.24) is 4.98 Å². The molecule has 0 spiro atoms. The summed E-state index contributed by atoms with van der Waals surface area (Å²) >= 11 is 0. The minimum absolute atomic E-state index is 0.0845. The average molecular weight is 162 g/mol. The van der Waals surface area contributed by atoms with Gasteiger partial charge in [-0.2, -0.15) is 0 Å². The number of aryl methyl sites for hydroxylation is 1. The molecule has 0 radical (unpaired) electrons. The van der Waals surface area contributed by atoms with Crippen LogP contribution in [0.1, 0.15) is 24.2 Å². The van der Waals surface area contributed by atoms with Crippen molar-refractivity contribution in [3.05, 3.63) is 41.7 Å². The third-order valence-electron chi connectivity index (χ3n) is 1.91. The summed E-state index contributed by atoms with van der Waals surface area (Å²) in [6, 6.07) is 3.80. The van der Waals surface area contributed by atoms with Crippen molar-refractivity contribution in [1.29, 1.82) is 0 Å². The van der Waals surface area contributed by atoms with Crippen LogP contribution < -0.4 is 5.73 Å². The van der Waals surface area contributed by atoms with Crippen molar-refractivity contribution in [3.8, 4) is 0 Å². The van der Waals surface area contributed by atoms with Gasteiger partial charge in [0.15, 0.2) is 0 Å². The van der Waals surface area contributed by atoms with E-state index in [1.165, 1.54) is 0 Å². The minimum atomic E-state index is -0.0845. The molecule has 2 heteroatoms. The van der Waals surface area contributed by atoms with E-state index < -0.39 is 0 Å². The fourth-order valence-corrected chi connectivity index (χ4v) is 1.09. The monoisotopic (exact) mass is 162 g/mol. The third kappa shape index (κ3) is 1.71. The van der Waals surface area contributed by atoms with Crippen LogP contribution in [0, 0.1) is 6.92 Å². The number of nitrogens with two attached hydrogens (primary N) is 1. The molecule has 1 unspecified atom stereocenters. The van der Waals surface area contributed by atoms with Gasteiger partial charge < -0.3 is 5.73 Å². The molecule has 0 saturated carbocycles. The lowest BCUT2D eigenvalue weighted by Gasteiger charge is -2.12. The molecular formula is C10H14N2. The van der Waals surface area contributed by atoms with E-state index in [4.69, 9.17) is 5.73 Å². The van der Waals surface area contributed by atoms with E-state index >= 15 is 0 Å². The largest absolute Gasteiger partial charge is 0.321 e. The number of rotatable bonds is 2. The Morgan fingerprint density at radius 1 is 1.67 bits per heavy atom. The lowest BCUT2D eigenvalue weighted by molar-refractivity contribution is 0.830. The molecule has 0 aliphatic heterocycles. The summed E-state index contributed by atoms with van der Waals surface area (Å²) < 4.78 is 0. The molecule has 12 heavy (non-hydrogen) atoms. The van der Waals surface area contributed by atoms with Crippen molar-refractivity contribution in [2.45, 2.75) is 19.9 Å². The van der Waals surface area contributed by atoms with Crippen molar-refractivity contribution < 1.29 is 0 Å². The molecular weight excluding hydrogens is 148 g/mol. The quantitative estimate of drug-likeness (QED) is 0.675. The molecule has 1 atom stereocenters. The lowest BCUT2D eigenvalue weighted by Crippen LogP contribution is -2.12. The Morgan fingerprint density at radius 2 is 2.33 bits per heavy atom. The Bertz CT molecular complexity index is 292. The molecule has 0 saturated heterocycles. The van der Waals surface area contributed by atoms with Crippen LogP contribution in [0.4, 0.5) is 0 Å². The van der Waals surface area contributed by atoms with E-state index in [0.717, 1.165) is 16.8 Å². The van der Waals surface area contributed by atoms with Gasteiger partial charge in [0.25, 0.3) is 0 Å². The van der Waals surface area contributed by atoms with Crippen LogP contribution >= 0.6 is 0 Å². The van der Waals surface area contributed by atoms with Gasteiger partial charge in [-0.15, -0.1) is 0 Å². The standard InChI is InChI=1S/C10H14N2/c1-7(2)10(11)9-5-4-6-12-8(9)3/h4-6,10H,1,11H2,2-3H3. The molecule has 1 aromatic rings. The molecule has 0 aromatic carbocycles. The molecule has 0 fully saturated rings. The molecule has 0 aliphatic carbocycles. The second-order valence-electron chi connectivity index (χ2n) is 3.00. The molecule has 0 aliphatic rings. The molecule has 2 nitrogen and oxygen atoms in total. The summed E-state index contributed by atoms with van der Waals surface area (Å²) in [6.45, 7) is 7.70. The van der Waals surface area contributed by atoms with Crippen LogP contribution in [0.5, 0.6) is 0 Å². The smallest absolute Gasteiger partial charge is 0.0523 e. The van der Waals surface area contributed by atoms with E-state index in [0.29, 0.717) is 0 Å². The zero-order valence-electron chi connectivity index (χ0n) is 7.54. The second kappa shape index (κ2) is 3.50. The van der Waals surface area contributed by atoms with Crippen molar-refractivity contribution in [2.24, 2.45) is 5.73 Å². The predicted octanol–water partition coefficient (Wildman–Crippen LogP) is 1.97. The Hall–Kier alpha value is -1.15. The van der Waals surface area contributed by atoms with E-state index in [2.05, 4.69) is 11.6 Å². The maximum Gasteiger partial charge on any atom is 0.0523 e. The fraction of sp³-hybridized carbons (Fsp3) is 0.300. The summed E-state index contributed by atoms with van der Waals surface area (Å²) in [7, 11) is 0. The number of pyridine rings is 1. The van der Waals surface area contributed by atoms with E-state index in [-0.39, 0.29) is 6.04 Å². The van der Waals surface area contributed by atoms with Crippen LogP contribution in [0.25, 0.3) is 0 Å². The lowest BCUT2D eigenvalue weighted by atomic mass is 10.0. The first-order valence-corrected chi connectivity index (χ1v) is 3.95. The highest BCUT2D eigenvalue weighted by Crippen LogP contribution is 2.18. The highest BCUT2D eigenvalue weighted by atomic mass is 14.7. The Balaban J connectivity index is 3.02. The van der Waals surface area contributed by atoms with Gasteiger partial charge >= 0.3 is 0 Å². The van der Waals surface area contributed by atoms with Gasteiger partial charge in [0.05, 0.1) is 6.04 Å². The van der Waals surface area contributed by atoms with E-state index in [9.17, 15) is 0 Å². The van der Waals surface area contributed by atoms with Gasteiger partial charge in [-0.25, -0.2) is 0 Å². The summed E-state index contributed by atoms with van der Waals surface area (Å²) in [4.78, 5) is 4.16. The molecule has 0 bridgehead atoms. The molecule has 1 aromatic heterocycles. The summed E-state index contributed by atoms with van der Waals surface area (Å²) in [5.74, 6) is 0. The first-order valence-electron chi connectivity index (χ1n) is 3.95. The van der Waals surface area contributed by atoms with Gasteiger partial charge in [-0.05, 0) is 25.5 Å². The highest BCUT2D eigenvalue weighted by molar-refractivity contribution is 5.28. The Morgan fingerprint density at radius 3 is 2.83 bits per heavy atom. The third-order valence-corrected chi connectivity index (χ3v) is 1.91. The van der Waals surface area contributed by atoms with Crippen LogP contribution in [0.15, 0.2) is 30.5 Å². The molecule has 0 amide bonds. The molecule has 64 valence electrons. The molecule has 1 rings (SSSR count). The van der Waals surface area contributed by atoms with Crippen LogP contribution in [-0.4, -0.2) is 4.98 Å². The van der Waals surface area contributed by atoms with Crippen LogP contribution in [0.2, 0.25) is 0 Å². The minimum Gasteiger partial charge on any atom is -0.321 e. The maximum absolute atomic E-state index is 5.90. The highest BCUT2D eigenvalue weighted by Gasteiger charge is 2.08. The van der Waals surface area contributed by atoms with E-state index in [1.54, 1.807) is 6.20 Å². The Labute approximate surface area is 73.1 Å². The van der Waals surface area contributed by atoms with Crippen molar-refractivity contribution in [2.75, 3.05) is 0 Å². The number of nitrogens with zero attached hydrogens (tertiary/aromatic N) is 1. The second-order valence-corrected chi connectivity index (χ2v) is 3.00. The van der Waals surface area contributed by atoms with Gasteiger partial charge in [0.2, 0.25) is 0 Å². The van der Waals surface area contributed by atoms with Gasteiger partial charge in [0, 0.05) is 11.9 Å². The Kier molecular flexibility index (Phi) is 2.61.